The molecule has 0 heterocycles. The van der Waals surface area contributed by atoms with Gasteiger partial charge in [0.15, 0.2) is 0 Å². The summed E-state index contributed by atoms with van der Waals surface area (Å²) < 4.78 is 37.9. The largest absolute Gasteiger partial charge is 0.416 e. The maximum Gasteiger partial charge on any atom is 0.416 e. The number of benzene rings is 2. The van der Waals surface area contributed by atoms with Gasteiger partial charge < -0.3 is 5.32 Å². The summed E-state index contributed by atoms with van der Waals surface area (Å²) in [5.41, 5.74) is 2.38. The van der Waals surface area contributed by atoms with Gasteiger partial charge in [0.25, 0.3) is 0 Å². The minimum atomic E-state index is -4.40. The lowest BCUT2D eigenvalue weighted by Crippen LogP contribution is -2.08. The van der Waals surface area contributed by atoms with Crippen LogP contribution in [0.3, 0.4) is 0 Å². The molecule has 1 amide bonds. The molecule has 0 aliphatic carbocycles. The molecule has 5 heteroatoms. The van der Waals surface area contributed by atoms with E-state index in [-0.39, 0.29) is 0 Å². The monoisotopic (exact) mass is 319 g/mol. The second-order valence-corrected chi connectivity index (χ2v) is 5.24. The van der Waals surface area contributed by atoms with Crippen LogP contribution in [0.4, 0.5) is 18.9 Å². The van der Waals surface area contributed by atoms with E-state index >= 15 is 0 Å². The number of alkyl halides is 3. The van der Waals surface area contributed by atoms with Crippen LogP contribution in [-0.4, -0.2) is 5.91 Å². The number of nitrogens with one attached hydrogen (secondary N) is 1. The van der Waals surface area contributed by atoms with Crippen LogP contribution < -0.4 is 5.32 Å². The fraction of sp³-hybridized carbons (Fsp3) is 0.167. The highest BCUT2D eigenvalue weighted by molar-refractivity contribution is 6.02. The van der Waals surface area contributed by atoms with Gasteiger partial charge in [0.05, 0.1) is 5.56 Å². The quantitative estimate of drug-likeness (QED) is 0.795. The molecule has 2 aromatic rings. The summed E-state index contributed by atoms with van der Waals surface area (Å²) in [5.74, 6) is -0.398. The third-order valence-corrected chi connectivity index (χ3v) is 3.42. The molecular formula is C18H16F3NO. The Bertz CT molecular complexity index is 748. The zero-order valence-corrected chi connectivity index (χ0v) is 12.7. The maximum atomic E-state index is 12.6. The van der Waals surface area contributed by atoms with E-state index in [0.717, 1.165) is 23.3 Å². The highest BCUT2D eigenvalue weighted by Gasteiger charge is 2.30. The van der Waals surface area contributed by atoms with Gasteiger partial charge in [-0.3, -0.25) is 4.79 Å². The van der Waals surface area contributed by atoms with E-state index in [0.29, 0.717) is 11.3 Å². The normalized spacial score (nSPS) is 11.7. The molecule has 0 atom stereocenters. The molecule has 2 aromatic carbocycles. The van der Waals surface area contributed by atoms with E-state index < -0.39 is 17.6 Å². The van der Waals surface area contributed by atoms with Crippen LogP contribution in [0.5, 0.6) is 0 Å². The lowest BCUT2D eigenvalue weighted by molar-refractivity contribution is -0.137. The third kappa shape index (κ3) is 4.71. The fourth-order valence-electron chi connectivity index (χ4n) is 1.99. The first-order valence-corrected chi connectivity index (χ1v) is 6.99. The van der Waals surface area contributed by atoms with Gasteiger partial charge in [0, 0.05) is 11.8 Å². The van der Waals surface area contributed by atoms with Crippen LogP contribution >= 0.6 is 0 Å². The number of rotatable bonds is 3. The molecule has 0 saturated carbocycles. The van der Waals surface area contributed by atoms with E-state index in [4.69, 9.17) is 0 Å². The lowest BCUT2D eigenvalue weighted by atomic mass is 10.1. The zero-order chi connectivity index (χ0) is 17.0. The molecule has 1 N–H and O–H groups in total. The predicted molar refractivity (Wildman–Crippen MR) is 85.0 cm³/mol. The Hall–Kier alpha value is -2.56. The number of amides is 1. The van der Waals surface area contributed by atoms with Crippen molar-refractivity contribution >= 4 is 17.7 Å². The minimum Gasteiger partial charge on any atom is -0.323 e. The number of anilines is 1. The van der Waals surface area contributed by atoms with Gasteiger partial charge in [0.1, 0.15) is 0 Å². The van der Waals surface area contributed by atoms with Crippen LogP contribution in [0.15, 0.2) is 48.5 Å². The average molecular weight is 319 g/mol. The first kappa shape index (κ1) is 16.8. The summed E-state index contributed by atoms with van der Waals surface area (Å²) in [5, 5.41) is 2.68. The van der Waals surface area contributed by atoms with Crippen molar-refractivity contribution in [1.29, 1.82) is 0 Å². The molecule has 120 valence electrons. The van der Waals surface area contributed by atoms with Crippen molar-refractivity contribution in [3.8, 4) is 0 Å². The van der Waals surface area contributed by atoms with Crippen LogP contribution in [0.2, 0.25) is 0 Å². The van der Waals surface area contributed by atoms with Gasteiger partial charge in [-0.15, -0.1) is 0 Å². The maximum absolute atomic E-state index is 12.6. The van der Waals surface area contributed by atoms with Gasteiger partial charge in [-0.05, 0) is 60.9 Å². The molecule has 0 aliphatic rings. The van der Waals surface area contributed by atoms with E-state index in [2.05, 4.69) is 5.32 Å². The van der Waals surface area contributed by atoms with Crippen molar-refractivity contribution < 1.29 is 18.0 Å². The number of carbonyl (C=O) groups is 1. The van der Waals surface area contributed by atoms with E-state index in [1.165, 1.54) is 24.3 Å². The topological polar surface area (TPSA) is 29.1 Å². The average Bonchev–Trinajstić information content (AvgIpc) is 2.48. The second kappa shape index (κ2) is 6.69. The smallest absolute Gasteiger partial charge is 0.323 e. The number of carbonyl (C=O) groups excluding carboxylic acids is 1. The number of halogens is 3. The van der Waals surface area contributed by atoms with Crippen molar-refractivity contribution in [3.05, 3.63) is 70.8 Å². The third-order valence-electron chi connectivity index (χ3n) is 3.42. The molecule has 0 aliphatic heterocycles. The Balaban J connectivity index is 2.08. The summed E-state index contributed by atoms with van der Waals surface area (Å²) in [6.45, 7) is 3.90. The van der Waals surface area contributed by atoms with E-state index in [1.54, 1.807) is 6.07 Å². The Labute approximate surface area is 132 Å². The number of hydrogen-bond acceptors (Lipinski definition) is 1. The van der Waals surface area contributed by atoms with Crippen molar-refractivity contribution in [2.24, 2.45) is 0 Å². The summed E-state index contributed by atoms with van der Waals surface area (Å²) in [7, 11) is 0. The summed E-state index contributed by atoms with van der Waals surface area (Å²) in [4.78, 5) is 11.8. The van der Waals surface area contributed by atoms with Crippen LogP contribution in [-0.2, 0) is 11.0 Å². The Morgan fingerprint density at radius 1 is 1.04 bits per heavy atom. The molecule has 0 saturated heterocycles. The zero-order valence-electron chi connectivity index (χ0n) is 12.7. The molecular weight excluding hydrogens is 303 g/mol. The summed E-state index contributed by atoms with van der Waals surface area (Å²) in [6.07, 6.45) is -1.83. The molecule has 2 nitrogen and oxygen atoms in total. The van der Waals surface area contributed by atoms with Crippen molar-refractivity contribution in [1.82, 2.24) is 0 Å². The van der Waals surface area contributed by atoms with Crippen LogP contribution in [0.1, 0.15) is 22.3 Å². The predicted octanol–water partition coefficient (Wildman–Crippen LogP) is 4.97. The SMILES string of the molecule is Cc1ccc(NC(=O)/C=C/c2cccc(C(F)(F)F)c2)cc1C. The molecule has 0 fully saturated rings. The first-order chi connectivity index (χ1) is 10.8. The molecule has 0 radical (unpaired) electrons. The highest BCUT2D eigenvalue weighted by Crippen LogP contribution is 2.29. The van der Waals surface area contributed by atoms with E-state index in [9.17, 15) is 18.0 Å². The van der Waals surface area contributed by atoms with Crippen LogP contribution in [0.25, 0.3) is 6.08 Å². The van der Waals surface area contributed by atoms with E-state index in [1.807, 2.05) is 26.0 Å². The number of hydrogen-bond donors (Lipinski definition) is 1. The Morgan fingerprint density at radius 2 is 1.78 bits per heavy atom. The van der Waals surface area contributed by atoms with Gasteiger partial charge in [-0.1, -0.05) is 18.2 Å². The second-order valence-electron chi connectivity index (χ2n) is 5.24. The van der Waals surface area contributed by atoms with Gasteiger partial charge in [-0.2, -0.15) is 13.2 Å². The van der Waals surface area contributed by atoms with Gasteiger partial charge >= 0.3 is 6.18 Å². The summed E-state index contributed by atoms with van der Waals surface area (Å²) in [6, 6.07) is 10.3. The summed E-state index contributed by atoms with van der Waals surface area (Å²) >= 11 is 0. The van der Waals surface area contributed by atoms with Crippen molar-refractivity contribution in [2.45, 2.75) is 20.0 Å². The minimum absolute atomic E-state index is 0.315. The van der Waals surface area contributed by atoms with Crippen molar-refractivity contribution in [3.63, 3.8) is 0 Å². The Kier molecular flexibility index (Phi) is 4.89. The molecule has 0 spiro atoms. The van der Waals surface area contributed by atoms with Gasteiger partial charge in [-0.25, -0.2) is 0 Å². The lowest BCUT2D eigenvalue weighted by Gasteiger charge is -2.07. The molecule has 0 aromatic heterocycles. The fourth-order valence-corrected chi connectivity index (χ4v) is 1.99. The standard InChI is InChI=1S/C18H16F3NO/c1-12-6-8-16(10-13(12)2)22-17(23)9-7-14-4-3-5-15(11-14)18(19,20)21/h3-11H,1-2H3,(H,22,23)/b9-7+. The van der Waals surface area contributed by atoms with Crippen LogP contribution in [0, 0.1) is 13.8 Å². The van der Waals surface area contributed by atoms with Crippen molar-refractivity contribution in [2.75, 3.05) is 5.32 Å². The highest BCUT2D eigenvalue weighted by atomic mass is 19.4. The molecule has 0 bridgehead atoms. The Morgan fingerprint density at radius 3 is 2.43 bits per heavy atom. The van der Waals surface area contributed by atoms with Gasteiger partial charge in [0.2, 0.25) is 5.91 Å². The first-order valence-electron chi connectivity index (χ1n) is 6.99. The molecule has 0 unspecified atom stereocenters. The molecule has 23 heavy (non-hydrogen) atoms. The number of aryl methyl sites for hydroxylation is 2. The molecule has 2 rings (SSSR count).